The van der Waals surface area contributed by atoms with Crippen molar-refractivity contribution in [3.05, 3.63) is 47.1 Å². The zero-order valence-electron chi connectivity index (χ0n) is 13.2. The van der Waals surface area contributed by atoms with E-state index in [9.17, 15) is 4.79 Å². The summed E-state index contributed by atoms with van der Waals surface area (Å²) in [6, 6.07) is 7.10. The highest BCUT2D eigenvalue weighted by molar-refractivity contribution is 7.13. The minimum atomic E-state index is -0.280. The van der Waals surface area contributed by atoms with E-state index in [-0.39, 0.29) is 23.6 Å². The Morgan fingerprint density at radius 3 is 2.78 bits per heavy atom. The second-order valence-electron chi connectivity index (χ2n) is 5.57. The van der Waals surface area contributed by atoms with Crippen LogP contribution >= 0.6 is 11.3 Å². The van der Waals surface area contributed by atoms with Crippen molar-refractivity contribution in [2.75, 3.05) is 0 Å². The van der Waals surface area contributed by atoms with E-state index < -0.39 is 0 Å². The van der Waals surface area contributed by atoms with Crippen molar-refractivity contribution in [2.24, 2.45) is 0 Å². The number of aromatic amines is 1. The molecule has 3 aromatic heterocycles. The van der Waals surface area contributed by atoms with Crippen molar-refractivity contribution < 1.29 is 9.21 Å². The number of thiophene rings is 1. The summed E-state index contributed by atoms with van der Waals surface area (Å²) in [6.45, 7) is 5.89. The molecule has 1 unspecified atom stereocenters. The highest BCUT2D eigenvalue weighted by Gasteiger charge is 2.18. The fourth-order valence-corrected chi connectivity index (χ4v) is 2.77. The predicted octanol–water partition coefficient (Wildman–Crippen LogP) is 3.74. The standard InChI is InChI=1S/C16H18N4O2S/c1-9(2)14-18-15(20-19-14)10(3)17-16(21)12-7-6-11(22-12)13-5-4-8-23-13/h4-10H,1-3H3,(H,17,21)(H,18,19,20). The van der Waals surface area contributed by atoms with Crippen LogP contribution in [0.1, 0.15) is 54.9 Å². The molecule has 1 atom stereocenters. The van der Waals surface area contributed by atoms with E-state index in [1.54, 1.807) is 23.5 Å². The number of furan rings is 1. The van der Waals surface area contributed by atoms with Gasteiger partial charge in [-0.2, -0.15) is 5.10 Å². The van der Waals surface area contributed by atoms with Gasteiger partial charge in [0.15, 0.2) is 11.6 Å². The SMILES string of the molecule is CC(C)c1n[nH]c(C(C)NC(=O)c2ccc(-c3cccs3)o2)n1. The molecule has 0 saturated heterocycles. The lowest BCUT2D eigenvalue weighted by Gasteiger charge is -2.09. The topological polar surface area (TPSA) is 83.8 Å². The fourth-order valence-electron chi connectivity index (χ4n) is 2.09. The number of nitrogens with one attached hydrogen (secondary N) is 2. The Labute approximate surface area is 137 Å². The van der Waals surface area contributed by atoms with Crippen LogP contribution < -0.4 is 5.32 Å². The average molecular weight is 330 g/mol. The second kappa shape index (κ2) is 6.37. The lowest BCUT2D eigenvalue weighted by Crippen LogP contribution is -2.27. The van der Waals surface area contributed by atoms with Crippen molar-refractivity contribution in [1.82, 2.24) is 20.5 Å². The normalized spacial score (nSPS) is 12.5. The number of nitrogens with zero attached hydrogens (tertiary/aromatic N) is 2. The Balaban J connectivity index is 1.68. The molecule has 7 heteroatoms. The third-order valence-corrected chi connectivity index (χ3v) is 4.27. The molecule has 3 aromatic rings. The van der Waals surface area contributed by atoms with Crippen LogP contribution in [0.2, 0.25) is 0 Å². The molecule has 0 aliphatic rings. The van der Waals surface area contributed by atoms with Crippen LogP contribution in [0.15, 0.2) is 34.1 Å². The van der Waals surface area contributed by atoms with Crippen molar-refractivity contribution in [3.63, 3.8) is 0 Å². The maximum Gasteiger partial charge on any atom is 0.287 e. The lowest BCUT2D eigenvalue weighted by atomic mass is 10.2. The zero-order chi connectivity index (χ0) is 16.4. The van der Waals surface area contributed by atoms with E-state index in [1.165, 1.54) is 0 Å². The van der Waals surface area contributed by atoms with Gasteiger partial charge in [0.25, 0.3) is 5.91 Å². The minimum absolute atomic E-state index is 0.237. The summed E-state index contributed by atoms with van der Waals surface area (Å²) in [4.78, 5) is 17.7. The van der Waals surface area contributed by atoms with Gasteiger partial charge in [-0.25, -0.2) is 4.98 Å². The van der Waals surface area contributed by atoms with E-state index >= 15 is 0 Å². The molecular weight excluding hydrogens is 312 g/mol. The number of hydrogen-bond donors (Lipinski definition) is 2. The third kappa shape index (κ3) is 3.34. The number of carbonyl (C=O) groups is 1. The molecule has 1 amide bonds. The van der Waals surface area contributed by atoms with Gasteiger partial charge in [-0.1, -0.05) is 19.9 Å². The van der Waals surface area contributed by atoms with Gasteiger partial charge < -0.3 is 9.73 Å². The van der Waals surface area contributed by atoms with Crippen LogP contribution in [0.3, 0.4) is 0 Å². The summed E-state index contributed by atoms with van der Waals surface area (Å²) in [5.74, 6) is 2.30. The van der Waals surface area contributed by atoms with Gasteiger partial charge in [0, 0.05) is 5.92 Å². The molecule has 0 aromatic carbocycles. The summed E-state index contributed by atoms with van der Waals surface area (Å²) in [7, 11) is 0. The van der Waals surface area contributed by atoms with Gasteiger partial charge in [0.2, 0.25) is 0 Å². The number of aromatic nitrogens is 3. The van der Waals surface area contributed by atoms with Gasteiger partial charge in [0.05, 0.1) is 10.9 Å². The number of amides is 1. The fraction of sp³-hybridized carbons (Fsp3) is 0.312. The molecule has 0 saturated carbocycles. The smallest absolute Gasteiger partial charge is 0.287 e. The van der Waals surface area contributed by atoms with Crippen LogP contribution in [0, 0.1) is 0 Å². The molecule has 0 fully saturated rings. The van der Waals surface area contributed by atoms with Gasteiger partial charge in [-0.05, 0) is 30.5 Å². The molecule has 120 valence electrons. The van der Waals surface area contributed by atoms with Crippen LogP contribution in [-0.2, 0) is 0 Å². The van der Waals surface area contributed by atoms with Gasteiger partial charge >= 0.3 is 0 Å². The Hall–Kier alpha value is -2.41. The Bertz CT molecular complexity index is 789. The molecule has 23 heavy (non-hydrogen) atoms. The Kier molecular flexibility index (Phi) is 4.29. The van der Waals surface area contributed by atoms with Gasteiger partial charge in [-0.3, -0.25) is 9.89 Å². The average Bonchev–Trinajstić information content (AvgIpc) is 3.26. The van der Waals surface area contributed by atoms with Crippen molar-refractivity contribution in [2.45, 2.75) is 32.7 Å². The quantitative estimate of drug-likeness (QED) is 0.746. The largest absolute Gasteiger partial charge is 0.450 e. The predicted molar refractivity (Wildman–Crippen MR) is 88.4 cm³/mol. The first-order valence-electron chi connectivity index (χ1n) is 7.41. The number of rotatable bonds is 5. The highest BCUT2D eigenvalue weighted by Crippen LogP contribution is 2.26. The monoisotopic (exact) mass is 330 g/mol. The third-order valence-electron chi connectivity index (χ3n) is 3.39. The Morgan fingerprint density at radius 2 is 2.13 bits per heavy atom. The van der Waals surface area contributed by atoms with Crippen molar-refractivity contribution in [1.29, 1.82) is 0 Å². The first kappa shape index (κ1) is 15.5. The minimum Gasteiger partial charge on any atom is -0.450 e. The number of hydrogen-bond acceptors (Lipinski definition) is 5. The van der Waals surface area contributed by atoms with E-state index in [4.69, 9.17) is 4.42 Å². The molecule has 0 aliphatic carbocycles. The second-order valence-corrected chi connectivity index (χ2v) is 6.52. The van der Waals surface area contributed by atoms with E-state index in [2.05, 4.69) is 20.5 Å². The van der Waals surface area contributed by atoms with E-state index in [1.807, 2.05) is 38.3 Å². The maximum atomic E-state index is 12.3. The summed E-state index contributed by atoms with van der Waals surface area (Å²) >= 11 is 1.57. The first-order valence-corrected chi connectivity index (χ1v) is 8.29. The molecule has 0 radical (unpaired) electrons. The van der Waals surface area contributed by atoms with Gasteiger partial charge in [-0.15, -0.1) is 11.3 Å². The summed E-state index contributed by atoms with van der Waals surface area (Å²) in [5, 5.41) is 11.8. The summed E-state index contributed by atoms with van der Waals surface area (Å²) < 4.78 is 5.62. The summed E-state index contributed by atoms with van der Waals surface area (Å²) in [6.07, 6.45) is 0. The maximum absolute atomic E-state index is 12.3. The molecule has 3 rings (SSSR count). The molecule has 0 aliphatic heterocycles. The number of H-pyrrole nitrogens is 1. The lowest BCUT2D eigenvalue weighted by molar-refractivity contribution is 0.0911. The van der Waals surface area contributed by atoms with E-state index in [0.29, 0.717) is 11.6 Å². The van der Waals surface area contributed by atoms with Gasteiger partial charge in [0.1, 0.15) is 11.6 Å². The molecule has 0 bridgehead atoms. The van der Waals surface area contributed by atoms with Crippen molar-refractivity contribution >= 4 is 17.2 Å². The first-order chi connectivity index (χ1) is 11.0. The molecule has 0 spiro atoms. The highest BCUT2D eigenvalue weighted by atomic mass is 32.1. The molecule has 3 heterocycles. The Morgan fingerprint density at radius 1 is 1.30 bits per heavy atom. The molecule has 2 N–H and O–H groups in total. The van der Waals surface area contributed by atoms with Crippen LogP contribution in [0.5, 0.6) is 0 Å². The van der Waals surface area contributed by atoms with E-state index in [0.717, 1.165) is 10.7 Å². The number of carbonyl (C=O) groups excluding carboxylic acids is 1. The zero-order valence-corrected chi connectivity index (χ0v) is 14.0. The summed E-state index contributed by atoms with van der Waals surface area (Å²) in [5.41, 5.74) is 0. The van der Waals surface area contributed by atoms with Crippen molar-refractivity contribution in [3.8, 4) is 10.6 Å². The molecule has 6 nitrogen and oxygen atoms in total. The van der Waals surface area contributed by atoms with Crippen LogP contribution in [0.25, 0.3) is 10.6 Å². The van der Waals surface area contributed by atoms with Crippen LogP contribution in [-0.4, -0.2) is 21.1 Å². The van der Waals surface area contributed by atoms with Crippen LogP contribution in [0.4, 0.5) is 0 Å². The molecular formula is C16H18N4O2S.